The van der Waals surface area contributed by atoms with Gasteiger partial charge in [-0.2, -0.15) is 0 Å². The minimum Gasteiger partial charge on any atom is -0.321 e. The highest BCUT2D eigenvalue weighted by molar-refractivity contribution is 7.21. The maximum atomic E-state index is 12.6. The van der Waals surface area contributed by atoms with Crippen molar-refractivity contribution < 1.29 is 9.59 Å². The Labute approximate surface area is 208 Å². The first-order valence-corrected chi connectivity index (χ1v) is 12.3. The first kappa shape index (κ1) is 22.2. The minimum atomic E-state index is -0.355. The van der Waals surface area contributed by atoms with E-state index >= 15 is 0 Å². The number of thiazole rings is 2. The third-order valence-electron chi connectivity index (χ3n) is 5.00. The van der Waals surface area contributed by atoms with Crippen molar-refractivity contribution in [3.63, 3.8) is 0 Å². The molecule has 0 unspecified atom stereocenters. The quantitative estimate of drug-likeness (QED) is 0.273. The Morgan fingerprint density at radius 3 is 2.41 bits per heavy atom. The number of hydrogen-bond acceptors (Lipinski definition) is 6. The average Bonchev–Trinajstić information content (AvgIpc) is 3.47. The van der Waals surface area contributed by atoms with Crippen LogP contribution in [-0.2, 0) is 0 Å². The van der Waals surface area contributed by atoms with E-state index in [1.54, 1.807) is 41.0 Å². The summed E-state index contributed by atoms with van der Waals surface area (Å²) < 4.78 is 1.15. The van der Waals surface area contributed by atoms with Gasteiger partial charge in [0.15, 0.2) is 5.13 Å². The van der Waals surface area contributed by atoms with E-state index in [0.29, 0.717) is 21.4 Å². The Morgan fingerprint density at radius 1 is 0.882 bits per heavy atom. The maximum absolute atomic E-state index is 12.6. The molecule has 168 valence electrons. The van der Waals surface area contributed by atoms with Gasteiger partial charge in [0.25, 0.3) is 11.8 Å². The molecular weight excluding hydrogens is 488 g/mol. The molecular formula is C25H17ClN4O2S2. The lowest BCUT2D eigenvalue weighted by molar-refractivity contribution is 0.101. The highest BCUT2D eigenvalue weighted by atomic mass is 35.5. The zero-order valence-corrected chi connectivity index (χ0v) is 20.2. The smallest absolute Gasteiger partial charge is 0.275 e. The Bertz CT molecular complexity index is 1510. The third-order valence-corrected chi connectivity index (χ3v) is 7.07. The molecule has 5 aromatic rings. The molecule has 34 heavy (non-hydrogen) atoms. The van der Waals surface area contributed by atoms with Crippen molar-refractivity contribution in [3.05, 3.63) is 94.0 Å². The molecule has 0 aliphatic rings. The summed E-state index contributed by atoms with van der Waals surface area (Å²) in [7, 11) is 0. The number of nitrogens with one attached hydrogen (secondary N) is 2. The molecule has 0 aliphatic heterocycles. The average molecular weight is 505 g/mol. The molecule has 2 N–H and O–H groups in total. The standard InChI is InChI=1S/C25H17ClN4O2S2/c1-14-2-11-19-21(12-14)34-24(28-19)16-5-9-18(10-6-16)27-23(32)20-13-33-25(29-20)30-22(31)15-3-7-17(26)8-4-15/h2-13H,1H3,(H,27,32)(H,29,30,31). The fourth-order valence-electron chi connectivity index (χ4n) is 3.25. The second-order valence-electron chi connectivity index (χ2n) is 7.52. The predicted octanol–water partition coefficient (Wildman–Crippen LogP) is 6.89. The summed E-state index contributed by atoms with van der Waals surface area (Å²) in [6, 6.07) is 20.3. The number of aryl methyl sites for hydroxylation is 1. The topological polar surface area (TPSA) is 84.0 Å². The van der Waals surface area contributed by atoms with Crippen LogP contribution in [0.3, 0.4) is 0 Å². The molecule has 0 saturated heterocycles. The molecule has 0 spiro atoms. The largest absolute Gasteiger partial charge is 0.321 e. The second-order valence-corrected chi connectivity index (χ2v) is 9.85. The van der Waals surface area contributed by atoms with Crippen molar-refractivity contribution in [1.82, 2.24) is 9.97 Å². The predicted molar refractivity (Wildman–Crippen MR) is 139 cm³/mol. The van der Waals surface area contributed by atoms with Crippen molar-refractivity contribution >= 4 is 67.1 Å². The van der Waals surface area contributed by atoms with E-state index < -0.39 is 0 Å². The van der Waals surface area contributed by atoms with Crippen LogP contribution in [0, 0.1) is 6.92 Å². The molecule has 0 fully saturated rings. The molecule has 2 amide bonds. The molecule has 2 heterocycles. The Balaban J connectivity index is 1.24. The highest BCUT2D eigenvalue weighted by Crippen LogP contribution is 2.31. The summed E-state index contributed by atoms with van der Waals surface area (Å²) in [6.07, 6.45) is 0. The van der Waals surface area contributed by atoms with Crippen LogP contribution in [0.4, 0.5) is 10.8 Å². The molecule has 0 aliphatic carbocycles. The molecule has 9 heteroatoms. The normalized spacial score (nSPS) is 10.9. The molecule has 6 nitrogen and oxygen atoms in total. The van der Waals surface area contributed by atoms with Gasteiger partial charge in [0, 0.05) is 27.2 Å². The van der Waals surface area contributed by atoms with Gasteiger partial charge >= 0.3 is 0 Å². The van der Waals surface area contributed by atoms with E-state index in [4.69, 9.17) is 16.6 Å². The van der Waals surface area contributed by atoms with Crippen LogP contribution < -0.4 is 10.6 Å². The van der Waals surface area contributed by atoms with Crippen molar-refractivity contribution in [3.8, 4) is 10.6 Å². The monoisotopic (exact) mass is 504 g/mol. The van der Waals surface area contributed by atoms with E-state index in [1.807, 2.05) is 30.3 Å². The van der Waals surface area contributed by atoms with Gasteiger partial charge in [0.1, 0.15) is 10.7 Å². The van der Waals surface area contributed by atoms with Crippen LogP contribution in [0.5, 0.6) is 0 Å². The number of carbonyl (C=O) groups is 2. The van der Waals surface area contributed by atoms with Crippen molar-refractivity contribution in [2.24, 2.45) is 0 Å². The van der Waals surface area contributed by atoms with Gasteiger partial charge in [-0.05, 0) is 73.2 Å². The molecule has 0 atom stereocenters. The fourth-order valence-corrected chi connectivity index (χ4v) is 5.13. The Kier molecular flexibility index (Phi) is 6.10. The number of halogens is 1. The van der Waals surface area contributed by atoms with Gasteiger partial charge in [-0.1, -0.05) is 17.7 Å². The Hall–Kier alpha value is -3.59. The van der Waals surface area contributed by atoms with E-state index in [-0.39, 0.29) is 17.5 Å². The van der Waals surface area contributed by atoms with Gasteiger partial charge in [-0.15, -0.1) is 22.7 Å². The van der Waals surface area contributed by atoms with Crippen LogP contribution in [0.15, 0.2) is 72.1 Å². The van der Waals surface area contributed by atoms with Crippen LogP contribution in [-0.4, -0.2) is 21.8 Å². The van der Waals surface area contributed by atoms with Crippen molar-refractivity contribution in [1.29, 1.82) is 0 Å². The Morgan fingerprint density at radius 2 is 1.65 bits per heavy atom. The van der Waals surface area contributed by atoms with E-state index in [2.05, 4.69) is 34.7 Å². The number of hydrogen-bond donors (Lipinski definition) is 2. The van der Waals surface area contributed by atoms with Gasteiger partial charge in [0.2, 0.25) is 0 Å². The third kappa shape index (κ3) is 4.84. The first-order chi connectivity index (χ1) is 16.4. The van der Waals surface area contributed by atoms with E-state index in [0.717, 1.165) is 20.8 Å². The summed E-state index contributed by atoms with van der Waals surface area (Å²) in [5.41, 5.74) is 4.49. The summed E-state index contributed by atoms with van der Waals surface area (Å²) in [5.74, 6) is -0.676. The lowest BCUT2D eigenvalue weighted by Gasteiger charge is -2.04. The highest BCUT2D eigenvalue weighted by Gasteiger charge is 2.14. The maximum Gasteiger partial charge on any atom is 0.275 e. The molecule has 0 saturated carbocycles. The van der Waals surface area contributed by atoms with Gasteiger partial charge < -0.3 is 5.32 Å². The number of carbonyl (C=O) groups excluding carboxylic acids is 2. The van der Waals surface area contributed by atoms with Gasteiger partial charge in [-0.25, -0.2) is 9.97 Å². The van der Waals surface area contributed by atoms with Gasteiger partial charge in [-0.3, -0.25) is 14.9 Å². The molecule has 5 rings (SSSR count). The lowest BCUT2D eigenvalue weighted by Crippen LogP contribution is -2.14. The number of aromatic nitrogens is 2. The summed E-state index contributed by atoms with van der Waals surface area (Å²) in [4.78, 5) is 33.9. The number of anilines is 2. The zero-order valence-electron chi connectivity index (χ0n) is 17.8. The van der Waals surface area contributed by atoms with E-state index in [1.165, 1.54) is 16.9 Å². The zero-order chi connectivity index (χ0) is 23.7. The number of nitrogens with zero attached hydrogens (tertiary/aromatic N) is 2. The minimum absolute atomic E-state index is 0.224. The van der Waals surface area contributed by atoms with Crippen LogP contribution in [0.25, 0.3) is 20.8 Å². The van der Waals surface area contributed by atoms with Crippen LogP contribution in [0.1, 0.15) is 26.4 Å². The number of rotatable bonds is 5. The summed E-state index contributed by atoms with van der Waals surface area (Å²) in [6.45, 7) is 2.06. The summed E-state index contributed by atoms with van der Waals surface area (Å²) in [5, 5.41) is 8.95. The number of fused-ring (bicyclic) bond motifs is 1. The SMILES string of the molecule is Cc1ccc2nc(-c3ccc(NC(=O)c4csc(NC(=O)c5ccc(Cl)cc5)n4)cc3)sc2c1. The lowest BCUT2D eigenvalue weighted by atomic mass is 10.2. The van der Waals surface area contributed by atoms with Crippen molar-refractivity contribution in [2.75, 3.05) is 10.6 Å². The van der Waals surface area contributed by atoms with Crippen LogP contribution >= 0.6 is 34.3 Å². The van der Waals surface area contributed by atoms with E-state index in [9.17, 15) is 9.59 Å². The molecule has 0 bridgehead atoms. The molecule has 2 aromatic heterocycles. The fraction of sp³-hybridized carbons (Fsp3) is 0.0400. The number of amides is 2. The second kappa shape index (κ2) is 9.34. The number of benzene rings is 3. The molecule has 0 radical (unpaired) electrons. The molecule has 3 aromatic carbocycles. The van der Waals surface area contributed by atoms with Crippen molar-refractivity contribution in [2.45, 2.75) is 6.92 Å². The summed E-state index contributed by atoms with van der Waals surface area (Å²) >= 11 is 8.67. The first-order valence-electron chi connectivity index (χ1n) is 10.3. The van der Waals surface area contributed by atoms with Gasteiger partial charge in [0.05, 0.1) is 10.2 Å². The van der Waals surface area contributed by atoms with Crippen LogP contribution in [0.2, 0.25) is 5.02 Å².